The predicted octanol–water partition coefficient (Wildman–Crippen LogP) is 3.43. The van der Waals surface area contributed by atoms with Crippen molar-refractivity contribution in [2.75, 3.05) is 0 Å². The van der Waals surface area contributed by atoms with Crippen molar-refractivity contribution in [3.63, 3.8) is 0 Å². The molecule has 13 heavy (non-hydrogen) atoms. The van der Waals surface area contributed by atoms with Crippen molar-refractivity contribution >= 4 is 5.78 Å². The number of carbonyl (C=O) groups excluding carboxylic acids is 1. The molecule has 1 aliphatic rings. The van der Waals surface area contributed by atoms with Gasteiger partial charge in [-0.2, -0.15) is 0 Å². The summed E-state index contributed by atoms with van der Waals surface area (Å²) in [5.41, 5.74) is 0. The number of Topliss-reactive ketones (excluding diaryl/α,β-unsaturated/α-hetero) is 1. The summed E-state index contributed by atoms with van der Waals surface area (Å²) in [4.78, 5) is 11.8. The molecule has 0 aromatic rings. The van der Waals surface area contributed by atoms with Gasteiger partial charge < -0.3 is 0 Å². The van der Waals surface area contributed by atoms with Crippen molar-refractivity contribution in [3.05, 3.63) is 0 Å². The average Bonchev–Trinajstić information content (AvgIpc) is 2.03. The average molecular weight is 182 g/mol. The highest BCUT2D eigenvalue weighted by Gasteiger charge is 2.27. The van der Waals surface area contributed by atoms with Crippen LogP contribution in [0.3, 0.4) is 0 Å². The molecule has 1 aliphatic carbocycles. The van der Waals surface area contributed by atoms with Crippen LogP contribution in [0.2, 0.25) is 0 Å². The van der Waals surface area contributed by atoms with E-state index in [0.717, 1.165) is 12.8 Å². The van der Waals surface area contributed by atoms with Crippen LogP contribution in [0.15, 0.2) is 0 Å². The van der Waals surface area contributed by atoms with Crippen LogP contribution in [-0.2, 0) is 4.79 Å². The second-order valence-corrected chi connectivity index (χ2v) is 4.93. The number of ketones is 1. The first-order chi connectivity index (χ1) is 6.11. The van der Waals surface area contributed by atoms with Crippen LogP contribution in [0.1, 0.15) is 52.9 Å². The zero-order chi connectivity index (χ0) is 9.84. The summed E-state index contributed by atoms with van der Waals surface area (Å²) in [7, 11) is 0. The Morgan fingerprint density at radius 2 is 1.92 bits per heavy atom. The topological polar surface area (TPSA) is 17.1 Å². The molecule has 0 N–H and O–H groups in total. The Bertz CT molecular complexity index is 172. The highest BCUT2D eigenvalue weighted by atomic mass is 16.1. The van der Waals surface area contributed by atoms with Gasteiger partial charge >= 0.3 is 0 Å². The molecule has 0 amide bonds. The highest BCUT2D eigenvalue weighted by molar-refractivity contribution is 5.81. The summed E-state index contributed by atoms with van der Waals surface area (Å²) >= 11 is 0. The zero-order valence-electron chi connectivity index (χ0n) is 9.18. The van der Waals surface area contributed by atoms with E-state index in [1.807, 2.05) is 0 Å². The van der Waals surface area contributed by atoms with Gasteiger partial charge in [-0.1, -0.05) is 40.0 Å². The third-order valence-electron chi connectivity index (χ3n) is 3.13. The van der Waals surface area contributed by atoms with E-state index in [4.69, 9.17) is 0 Å². The molecule has 0 aliphatic heterocycles. The Hall–Kier alpha value is -0.330. The molecule has 0 aromatic carbocycles. The fraction of sp³-hybridized carbons (Fsp3) is 0.917. The number of hydrogen-bond donors (Lipinski definition) is 0. The van der Waals surface area contributed by atoms with E-state index in [2.05, 4.69) is 20.8 Å². The van der Waals surface area contributed by atoms with Gasteiger partial charge in [0.05, 0.1) is 0 Å². The molecule has 1 rings (SSSR count). The maximum Gasteiger partial charge on any atom is 0.136 e. The third-order valence-corrected chi connectivity index (χ3v) is 3.13. The van der Waals surface area contributed by atoms with Gasteiger partial charge in [0.25, 0.3) is 0 Å². The monoisotopic (exact) mass is 182 g/mol. The quantitative estimate of drug-likeness (QED) is 0.653. The van der Waals surface area contributed by atoms with Crippen molar-refractivity contribution in [2.45, 2.75) is 52.9 Å². The Balaban J connectivity index is 2.44. The molecule has 2 atom stereocenters. The second-order valence-electron chi connectivity index (χ2n) is 4.93. The van der Waals surface area contributed by atoms with Gasteiger partial charge in [-0.25, -0.2) is 0 Å². The Morgan fingerprint density at radius 1 is 1.31 bits per heavy atom. The lowest BCUT2D eigenvalue weighted by molar-refractivity contribution is -0.126. The first-order valence-corrected chi connectivity index (χ1v) is 5.64. The zero-order valence-corrected chi connectivity index (χ0v) is 9.18. The van der Waals surface area contributed by atoms with Crippen molar-refractivity contribution in [2.24, 2.45) is 17.8 Å². The van der Waals surface area contributed by atoms with Crippen molar-refractivity contribution in [3.8, 4) is 0 Å². The van der Waals surface area contributed by atoms with Gasteiger partial charge in [-0.05, 0) is 18.3 Å². The van der Waals surface area contributed by atoms with Gasteiger partial charge in [0.15, 0.2) is 0 Å². The SMILES string of the molecule is CC(C)CC(=O)C1CCCCC1C. The Kier molecular flexibility index (Phi) is 3.95. The van der Waals surface area contributed by atoms with Crippen LogP contribution in [0, 0.1) is 17.8 Å². The van der Waals surface area contributed by atoms with Gasteiger partial charge in [-0.15, -0.1) is 0 Å². The summed E-state index contributed by atoms with van der Waals surface area (Å²) in [6, 6.07) is 0. The second kappa shape index (κ2) is 4.78. The molecular formula is C12H22O. The number of carbonyl (C=O) groups is 1. The van der Waals surface area contributed by atoms with Crippen LogP contribution < -0.4 is 0 Å². The number of rotatable bonds is 3. The van der Waals surface area contributed by atoms with Crippen LogP contribution in [0.4, 0.5) is 0 Å². The van der Waals surface area contributed by atoms with E-state index in [1.54, 1.807) is 0 Å². The first kappa shape index (κ1) is 10.7. The molecule has 2 unspecified atom stereocenters. The molecule has 0 aromatic heterocycles. The van der Waals surface area contributed by atoms with Gasteiger partial charge in [0.1, 0.15) is 5.78 Å². The van der Waals surface area contributed by atoms with Gasteiger partial charge in [-0.3, -0.25) is 4.79 Å². The Morgan fingerprint density at radius 3 is 2.46 bits per heavy atom. The minimum absolute atomic E-state index is 0.385. The van der Waals surface area contributed by atoms with Gasteiger partial charge in [0, 0.05) is 12.3 Å². The third kappa shape index (κ3) is 3.13. The van der Waals surface area contributed by atoms with Crippen LogP contribution in [0.5, 0.6) is 0 Å². The highest BCUT2D eigenvalue weighted by Crippen LogP contribution is 2.31. The van der Waals surface area contributed by atoms with E-state index in [0.29, 0.717) is 23.5 Å². The maximum atomic E-state index is 11.8. The summed E-state index contributed by atoms with van der Waals surface area (Å²) in [5.74, 6) is 2.07. The van der Waals surface area contributed by atoms with Crippen molar-refractivity contribution < 1.29 is 4.79 Å². The molecule has 76 valence electrons. The fourth-order valence-corrected chi connectivity index (χ4v) is 2.35. The molecule has 0 bridgehead atoms. The fourth-order valence-electron chi connectivity index (χ4n) is 2.35. The summed E-state index contributed by atoms with van der Waals surface area (Å²) < 4.78 is 0. The molecule has 0 heterocycles. The standard InChI is InChI=1S/C12H22O/c1-9(2)8-12(13)11-7-5-4-6-10(11)3/h9-11H,4-8H2,1-3H3. The van der Waals surface area contributed by atoms with Gasteiger partial charge in [0.2, 0.25) is 0 Å². The minimum atomic E-state index is 0.385. The van der Waals surface area contributed by atoms with Crippen LogP contribution in [-0.4, -0.2) is 5.78 Å². The summed E-state index contributed by atoms with van der Waals surface area (Å²) in [6.45, 7) is 6.50. The lowest BCUT2D eigenvalue weighted by Gasteiger charge is -2.27. The molecule has 0 radical (unpaired) electrons. The lowest BCUT2D eigenvalue weighted by Crippen LogP contribution is -2.26. The maximum absolute atomic E-state index is 11.8. The molecule has 0 spiro atoms. The van der Waals surface area contributed by atoms with E-state index >= 15 is 0 Å². The van der Waals surface area contributed by atoms with Crippen molar-refractivity contribution in [1.29, 1.82) is 0 Å². The molecule has 1 heteroatoms. The predicted molar refractivity (Wildman–Crippen MR) is 55.6 cm³/mol. The lowest BCUT2D eigenvalue weighted by atomic mass is 9.76. The van der Waals surface area contributed by atoms with Crippen molar-refractivity contribution in [1.82, 2.24) is 0 Å². The Labute approximate surface area is 81.9 Å². The first-order valence-electron chi connectivity index (χ1n) is 5.64. The summed E-state index contributed by atoms with van der Waals surface area (Å²) in [5, 5.41) is 0. The molecular weight excluding hydrogens is 160 g/mol. The molecule has 0 saturated heterocycles. The summed E-state index contributed by atoms with van der Waals surface area (Å²) in [6.07, 6.45) is 5.78. The normalized spacial score (nSPS) is 29.2. The largest absolute Gasteiger partial charge is 0.299 e. The van der Waals surface area contributed by atoms with Crippen LogP contribution >= 0.6 is 0 Å². The molecule has 1 nitrogen and oxygen atoms in total. The smallest absolute Gasteiger partial charge is 0.136 e. The molecule has 1 saturated carbocycles. The minimum Gasteiger partial charge on any atom is -0.299 e. The van der Waals surface area contributed by atoms with E-state index in [9.17, 15) is 4.79 Å². The number of hydrogen-bond acceptors (Lipinski definition) is 1. The van der Waals surface area contributed by atoms with E-state index < -0.39 is 0 Å². The van der Waals surface area contributed by atoms with E-state index in [-0.39, 0.29) is 0 Å². The van der Waals surface area contributed by atoms with E-state index in [1.165, 1.54) is 19.3 Å². The molecule has 1 fully saturated rings. The van der Waals surface area contributed by atoms with Crippen LogP contribution in [0.25, 0.3) is 0 Å².